The molecule has 0 spiro atoms. The first-order valence-corrected chi connectivity index (χ1v) is 10.9. The van der Waals surface area contributed by atoms with Crippen molar-refractivity contribution < 1.29 is 14.3 Å². The third-order valence-corrected chi connectivity index (χ3v) is 5.70. The Labute approximate surface area is 194 Å². The van der Waals surface area contributed by atoms with Gasteiger partial charge in [-0.05, 0) is 40.2 Å². The number of fused-ring (bicyclic) bond motifs is 1. The van der Waals surface area contributed by atoms with Crippen LogP contribution in [-0.4, -0.2) is 18.6 Å². The normalized spacial score (nSPS) is 19.2. The number of hydrogen-bond donors (Lipinski definition) is 1. The van der Waals surface area contributed by atoms with Gasteiger partial charge in [-0.25, -0.2) is 4.79 Å². The highest BCUT2D eigenvalue weighted by atomic mass is 16.5. The van der Waals surface area contributed by atoms with E-state index in [9.17, 15) is 14.5 Å². The van der Waals surface area contributed by atoms with E-state index in [2.05, 4.69) is 42.2 Å². The van der Waals surface area contributed by atoms with Gasteiger partial charge in [0.15, 0.2) is 0 Å². The van der Waals surface area contributed by atoms with Crippen LogP contribution in [0.2, 0.25) is 0 Å². The lowest BCUT2D eigenvalue weighted by atomic mass is 9.85. The summed E-state index contributed by atoms with van der Waals surface area (Å²) in [6.45, 7) is 6.85. The van der Waals surface area contributed by atoms with Gasteiger partial charge in [0, 0.05) is 24.1 Å². The van der Waals surface area contributed by atoms with Gasteiger partial charge >= 0.3 is 6.09 Å². The van der Waals surface area contributed by atoms with E-state index in [4.69, 9.17) is 4.74 Å². The lowest BCUT2D eigenvalue weighted by Crippen LogP contribution is -2.26. The van der Waals surface area contributed by atoms with Crippen LogP contribution < -0.4 is 5.32 Å². The summed E-state index contributed by atoms with van der Waals surface area (Å²) in [6.07, 6.45) is 8.13. The van der Waals surface area contributed by atoms with Crippen LogP contribution in [0.1, 0.15) is 47.4 Å². The molecule has 170 valence electrons. The molecule has 2 unspecified atom stereocenters. The van der Waals surface area contributed by atoms with E-state index in [1.165, 1.54) is 5.56 Å². The molecule has 2 aromatic carbocycles. The Morgan fingerprint density at radius 2 is 1.73 bits per heavy atom. The summed E-state index contributed by atoms with van der Waals surface area (Å²) in [4.78, 5) is 33.5. The first kappa shape index (κ1) is 23.9. The molecule has 2 aromatic rings. The summed E-state index contributed by atoms with van der Waals surface area (Å²) in [7, 11) is 0. The van der Waals surface area contributed by atoms with Crippen molar-refractivity contribution in [3.05, 3.63) is 112 Å². The summed E-state index contributed by atoms with van der Waals surface area (Å²) < 4.78 is 5.56. The molecule has 1 N–H and O–H groups in total. The molecule has 6 heteroatoms. The van der Waals surface area contributed by atoms with Crippen molar-refractivity contribution in [1.29, 1.82) is 0 Å². The summed E-state index contributed by atoms with van der Waals surface area (Å²) in [5.41, 5.74) is 5.01. The van der Waals surface area contributed by atoms with Crippen LogP contribution in [-0.2, 0) is 22.5 Å². The molecule has 0 saturated carbocycles. The fourth-order valence-corrected chi connectivity index (χ4v) is 3.77. The van der Waals surface area contributed by atoms with Gasteiger partial charge in [0.05, 0.1) is 0 Å². The Balaban J connectivity index is 1.56. The van der Waals surface area contributed by atoms with Gasteiger partial charge in [0.2, 0.25) is 0 Å². The fourth-order valence-electron chi connectivity index (χ4n) is 3.77. The van der Waals surface area contributed by atoms with Gasteiger partial charge in [-0.1, -0.05) is 86.3 Å². The lowest BCUT2D eigenvalue weighted by molar-refractivity contribution is -0.117. The molecule has 0 heterocycles. The molecule has 1 aliphatic carbocycles. The summed E-state index contributed by atoms with van der Waals surface area (Å²) in [5.74, 6) is -0.549. The lowest BCUT2D eigenvalue weighted by Gasteiger charge is -2.22. The molecule has 33 heavy (non-hydrogen) atoms. The first-order chi connectivity index (χ1) is 16.0. The monoisotopic (exact) mass is 444 g/mol. The minimum atomic E-state index is -0.657. The van der Waals surface area contributed by atoms with E-state index in [-0.39, 0.29) is 24.9 Å². The number of benzene rings is 2. The second-order valence-electron chi connectivity index (χ2n) is 8.04. The Kier molecular flexibility index (Phi) is 8.47. The SMILES string of the molecule is C=C1/C=C\C=C/C(C)c2ccccc2C1COC(=O)NCc1ccc(CCC(=O)N=O)cc1. The maximum Gasteiger partial charge on any atom is 0.407 e. The highest BCUT2D eigenvalue weighted by molar-refractivity contribution is 5.76. The number of nitrogens with zero attached hydrogens (tertiary/aromatic N) is 1. The van der Waals surface area contributed by atoms with E-state index in [0.717, 1.165) is 22.3 Å². The van der Waals surface area contributed by atoms with Crippen LogP contribution >= 0.6 is 0 Å². The molecule has 0 radical (unpaired) electrons. The zero-order chi connectivity index (χ0) is 23.6. The van der Waals surface area contributed by atoms with Crippen molar-refractivity contribution in [3.8, 4) is 0 Å². The van der Waals surface area contributed by atoms with Gasteiger partial charge in [0.1, 0.15) is 6.61 Å². The number of alkyl carbamates (subject to hydrolysis) is 1. The summed E-state index contributed by atoms with van der Waals surface area (Å²) in [6, 6.07) is 15.6. The van der Waals surface area contributed by atoms with Gasteiger partial charge < -0.3 is 10.1 Å². The van der Waals surface area contributed by atoms with Crippen molar-refractivity contribution in [2.45, 2.75) is 38.1 Å². The van der Waals surface area contributed by atoms with E-state index in [1.54, 1.807) is 0 Å². The number of aryl methyl sites for hydroxylation is 1. The van der Waals surface area contributed by atoms with Crippen molar-refractivity contribution in [3.63, 3.8) is 0 Å². The van der Waals surface area contributed by atoms with E-state index in [1.807, 2.05) is 54.6 Å². The zero-order valence-electron chi connectivity index (χ0n) is 18.7. The van der Waals surface area contributed by atoms with Gasteiger partial charge in [-0.3, -0.25) is 4.79 Å². The van der Waals surface area contributed by atoms with E-state index >= 15 is 0 Å². The largest absolute Gasteiger partial charge is 0.449 e. The molecule has 2 amide bonds. The molecule has 1 aliphatic rings. The van der Waals surface area contributed by atoms with Crippen LogP contribution in [0.5, 0.6) is 0 Å². The van der Waals surface area contributed by atoms with Crippen molar-refractivity contribution >= 4 is 12.0 Å². The minimum absolute atomic E-state index is 0.0903. The Morgan fingerprint density at radius 3 is 2.45 bits per heavy atom. The molecule has 0 bridgehead atoms. The number of nitrogens with one attached hydrogen (secondary N) is 1. The maximum absolute atomic E-state index is 12.4. The Morgan fingerprint density at radius 1 is 1.03 bits per heavy atom. The number of rotatable bonds is 7. The number of hydrogen-bond acceptors (Lipinski definition) is 4. The Bertz CT molecular complexity index is 1070. The standard InChI is InChI=1S/C27H28N2O4/c1-19-7-3-4-8-20(2)25(24-10-6-5-9-23(19)24)18-33-27(31)28-17-22-13-11-21(12-14-22)15-16-26(30)29-32/h3-14,19,25H,2,15-18H2,1H3,(H,28,31)/b7-3-,8-4-. The molecule has 2 atom stereocenters. The topological polar surface area (TPSA) is 84.8 Å². The molecule has 6 nitrogen and oxygen atoms in total. The number of carbonyl (C=O) groups is 2. The van der Waals surface area contributed by atoms with Gasteiger partial charge in [0.25, 0.3) is 5.91 Å². The van der Waals surface area contributed by atoms with Crippen molar-refractivity contribution in [2.75, 3.05) is 6.61 Å². The van der Waals surface area contributed by atoms with Crippen LogP contribution in [0.15, 0.2) is 90.2 Å². The predicted molar refractivity (Wildman–Crippen MR) is 129 cm³/mol. The maximum atomic E-state index is 12.4. The molecule has 3 rings (SSSR count). The third-order valence-electron chi connectivity index (χ3n) is 5.70. The smallest absolute Gasteiger partial charge is 0.407 e. The average Bonchev–Trinajstić information content (AvgIpc) is 2.89. The summed E-state index contributed by atoms with van der Waals surface area (Å²) in [5, 5.41) is 5.17. The number of amides is 2. The highest BCUT2D eigenvalue weighted by Gasteiger charge is 2.21. The molecule has 0 fully saturated rings. The van der Waals surface area contributed by atoms with Crippen LogP contribution in [0.3, 0.4) is 0 Å². The highest BCUT2D eigenvalue weighted by Crippen LogP contribution is 2.33. The van der Waals surface area contributed by atoms with Gasteiger partial charge in [-0.15, -0.1) is 4.91 Å². The second-order valence-corrected chi connectivity index (χ2v) is 8.04. The Hall–Kier alpha value is -3.80. The number of carbonyl (C=O) groups excluding carboxylic acids is 2. The first-order valence-electron chi connectivity index (χ1n) is 10.9. The quantitative estimate of drug-likeness (QED) is 0.555. The molecule has 0 saturated heterocycles. The molecular formula is C27H28N2O4. The number of ether oxygens (including phenoxy) is 1. The van der Waals surface area contributed by atoms with Crippen LogP contribution in [0, 0.1) is 4.91 Å². The van der Waals surface area contributed by atoms with Crippen LogP contribution in [0.25, 0.3) is 0 Å². The van der Waals surface area contributed by atoms with E-state index in [0.29, 0.717) is 13.0 Å². The third kappa shape index (κ3) is 6.84. The fraction of sp³-hybridized carbons (Fsp3) is 0.259. The predicted octanol–water partition coefficient (Wildman–Crippen LogP) is 5.71. The minimum Gasteiger partial charge on any atom is -0.449 e. The summed E-state index contributed by atoms with van der Waals surface area (Å²) >= 11 is 0. The molecule has 0 aliphatic heterocycles. The van der Waals surface area contributed by atoms with Crippen LogP contribution in [0.4, 0.5) is 4.79 Å². The average molecular weight is 445 g/mol. The van der Waals surface area contributed by atoms with Gasteiger partial charge in [-0.2, -0.15) is 0 Å². The zero-order valence-corrected chi connectivity index (χ0v) is 18.7. The van der Waals surface area contributed by atoms with Crippen molar-refractivity contribution in [2.24, 2.45) is 5.18 Å². The van der Waals surface area contributed by atoms with E-state index < -0.39 is 12.0 Å². The molecule has 0 aromatic heterocycles. The number of nitroso groups, excluding NO2 is 1. The number of allylic oxidation sites excluding steroid dienone is 4. The second kappa shape index (κ2) is 11.7. The molecular weight excluding hydrogens is 416 g/mol. The van der Waals surface area contributed by atoms with Crippen molar-refractivity contribution in [1.82, 2.24) is 5.32 Å².